The number of amidine groups is 1. The monoisotopic (exact) mass is 459 g/mol. The van der Waals surface area contributed by atoms with Crippen LogP contribution in [0.3, 0.4) is 0 Å². The van der Waals surface area contributed by atoms with Crippen LogP contribution in [0.1, 0.15) is 0 Å². The summed E-state index contributed by atoms with van der Waals surface area (Å²) in [5.74, 6) is -2.63. The predicted octanol–water partition coefficient (Wildman–Crippen LogP) is 5.18. The molecule has 0 aliphatic carbocycles. The molecule has 0 aliphatic rings. The van der Waals surface area contributed by atoms with E-state index in [2.05, 4.69) is 14.5 Å². The molecule has 0 aromatic heterocycles. The Morgan fingerprint density at radius 2 is 1.48 bits per heavy atom. The number of halogens is 10. The van der Waals surface area contributed by atoms with Gasteiger partial charge in [0.05, 0.1) is 0 Å². The third kappa shape index (κ3) is 6.21. The van der Waals surface area contributed by atoms with Gasteiger partial charge in [-0.25, -0.2) is 4.99 Å². The lowest BCUT2D eigenvalue weighted by molar-refractivity contribution is -0.361. The second kappa shape index (κ2) is 8.43. The van der Waals surface area contributed by atoms with E-state index in [1.165, 1.54) is 12.4 Å². The number of hydrogen-bond donors (Lipinski definition) is 1. The van der Waals surface area contributed by atoms with Crippen molar-refractivity contribution in [2.24, 2.45) is 4.99 Å². The Morgan fingerprint density at radius 1 is 0.966 bits per heavy atom. The summed E-state index contributed by atoms with van der Waals surface area (Å²) in [5, 5.41) is 9.94. The largest absolute Gasteiger partial charge is 0.499 e. The molecule has 0 spiro atoms. The third-order valence-electron chi connectivity index (χ3n) is 2.65. The number of nitrogens with one attached hydrogen (secondary N) is 1. The van der Waals surface area contributed by atoms with Gasteiger partial charge in [-0.2, -0.15) is 49.2 Å². The summed E-state index contributed by atoms with van der Waals surface area (Å²) in [7, 11) is 0. The second-order valence-corrected chi connectivity index (χ2v) is 5.52. The highest BCUT2D eigenvalue weighted by Crippen LogP contribution is 2.43. The van der Waals surface area contributed by atoms with Crippen molar-refractivity contribution >= 4 is 22.6 Å². The molecule has 0 atom stereocenters. The lowest BCUT2D eigenvalue weighted by atomic mass is 10.2. The molecule has 0 bridgehead atoms. The maximum absolute atomic E-state index is 13.1. The van der Waals surface area contributed by atoms with Crippen molar-refractivity contribution < 1.29 is 53.4 Å². The number of aliphatic imine (C=N–C) groups is 1. The molecule has 1 N–H and O–H groups in total. The van der Waals surface area contributed by atoms with E-state index in [0.29, 0.717) is 11.8 Å². The quantitative estimate of drug-likeness (QED) is 0.216. The zero-order valence-electron chi connectivity index (χ0n) is 13.6. The van der Waals surface area contributed by atoms with E-state index in [9.17, 15) is 43.9 Å². The van der Waals surface area contributed by atoms with E-state index in [0.717, 1.165) is 0 Å². The van der Waals surface area contributed by atoms with Gasteiger partial charge >= 0.3 is 24.6 Å². The molecular formula is C13H7F10N3O2S. The Labute approximate surface area is 159 Å². The summed E-state index contributed by atoms with van der Waals surface area (Å²) < 4.78 is 133. The Kier molecular flexibility index (Phi) is 7.11. The van der Waals surface area contributed by atoms with Crippen LogP contribution in [0, 0.1) is 11.5 Å². The molecule has 0 heterocycles. The smallest absolute Gasteiger partial charge is 0.426 e. The van der Waals surface area contributed by atoms with Gasteiger partial charge in [-0.15, -0.1) is 0 Å². The summed E-state index contributed by atoms with van der Waals surface area (Å²) >= 11 is 0.627. The van der Waals surface area contributed by atoms with Crippen molar-refractivity contribution in [1.29, 1.82) is 5.26 Å². The van der Waals surface area contributed by atoms with Crippen molar-refractivity contribution in [3.05, 3.63) is 18.2 Å². The number of alkyl halides is 10. The van der Waals surface area contributed by atoms with Gasteiger partial charge in [-0.1, -0.05) is 11.8 Å². The molecular weight excluding hydrogens is 452 g/mol. The Balaban J connectivity index is 3.45. The standard InChI is InChI=1S/C13H7F10N3O2S/c1-29-9(25-5-24)26-7-4-6(27-12(20,21)10(14,15)16)2-3-8(7)28-13(22,23)11(17,18)19/h2-4H,1H3,(H,25,26). The summed E-state index contributed by atoms with van der Waals surface area (Å²) in [5.41, 5.74) is -1.06. The number of nitriles is 1. The van der Waals surface area contributed by atoms with Crippen LogP contribution in [0.2, 0.25) is 0 Å². The summed E-state index contributed by atoms with van der Waals surface area (Å²) in [6.45, 7) is 0. The summed E-state index contributed by atoms with van der Waals surface area (Å²) in [6, 6.07) is 0.637. The zero-order chi connectivity index (χ0) is 22.7. The van der Waals surface area contributed by atoms with Crippen molar-refractivity contribution in [3.8, 4) is 17.7 Å². The topological polar surface area (TPSA) is 66.6 Å². The molecule has 0 aliphatic heterocycles. The van der Waals surface area contributed by atoms with E-state index in [-0.39, 0.29) is 18.2 Å². The van der Waals surface area contributed by atoms with Gasteiger partial charge in [-0.3, -0.25) is 5.32 Å². The van der Waals surface area contributed by atoms with E-state index in [1.54, 1.807) is 0 Å². The van der Waals surface area contributed by atoms with Crippen molar-refractivity contribution in [2.45, 2.75) is 24.6 Å². The van der Waals surface area contributed by atoms with E-state index >= 15 is 0 Å². The Morgan fingerprint density at radius 3 is 1.93 bits per heavy atom. The lowest BCUT2D eigenvalue weighted by Gasteiger charge is -2.23. The van der Waals surface area contributed by atoms with Gasteiger partial charge in [0.15, 0.2) is 17.1 Å². The minimum atomic E-state index is -6.18. The van der Waals surface area contributed by atoms with Crippen LogP contribution < -0.4 is 14.8 Å². The first-order valence-electron chi connectivity index (χ1n) is 6.73. The highest BCUT2D eigenvalue weighted by molar-refractivity contribution is 8.13. The fraction of sp³-hybridized carbons (Fsp3) is 0.385. The molecule has 0 saturated carbocycles. The van der Waals surface area contributed by atoms with Crippen molar-refractivity contribution in [2.75, 3.05) is 6.26 Å². The average molecular weight is 459 g/mol. The maximum Gasteiger partial charge on any atom is 0.499 e. The molecule has 1 aromatic carbocycles. The number of rotatable bonds is 5. The number of thioether (sulfide) groups is 1. The van der Waals surface area contributed by atoms with Gasteiger partial charge in [0.1, 0.15) is 11.4 Å². The highest BCUT2D eigenvalue weighted by Gasteiger charge is 2.62. The van der Waals surface area contributed by atoms with E-state index < -0.39 is 46.9 Å². The summed E-state index contributed by atoms with van der Waals surface area (Å²) in [4.78, 5) is 3.40. The van der Waals surface area contributed by atoms with Crippen LogP contribution in [0.4, 0.5) is 49.6 Å². The third-order valence-corrected chi connectivity index (χ3v) is 3.23. The van der Waals surface area contributed by atoms with Crippen LogP contribution in [0.5, 0.6) is 11.5 Å². The molecule has 0 unspecified atom stereocenters. The van der Waals surface area contributed by atoms with E-state index in [1.807, 2.05) is 5.32 Å². The van der Waals surface area contributed by atoms with Gasteiger partial charge in [0, 0.05) is 6.07 Å². The molecule has 16 heteroatoms. The van der Waals surface area contributed by atoms with Crippen LogP contribution in [0.15, 0.2) is 23.2 Å². The zero-order valence-corrected chi connectivity index (χ0v) is 14.4. The van der Waals surface area contributed by atoms with Gasteiger partial charge < -0.3 is 9.47 Å². The molecule has 0 amide bonds. The Bertz CT molecular complexity index is 802. The SMILES string of the molecule is CSC(=Nc1cc(OC(F)(F)C(F)(F)F)ccc1OC(F)(F)C(F)(F)F)NC#N. The van der Waals surface area contributed by atoms with E-state index in [4.69, 9.17) is 5.26 Å². The minimum Gasteiger partial charge on any atom is -0.426 e. The summed E-state index contributed by atoms with van der Waals surface area (Å²) in [6.07, 6.45) is -21.2. The molecule has 162 valence electrons. The van der Waals surface area contributed by atoms with Crippen molar-refractivity contribution in [3.63, 3.8) is 0 Å². The number of ether oxygens (including phenoxy) is 2. The van der Waals surface area contributed by atoms with Crippen LogP contribution in [0.25, 0.3) is 0 Å². The molecule has 0 radical (unpaired) electrons. The molecule has 5 nitrogen and oxygen atoms in total. The normalized spacial score (nSPS) is 13.7. The number of hydrogen-bond acceptors (Lipinski definition) is 5. The fourth-order valence-corrected chi connectivity index (χ4v) is 1.76. The number of nitrogens with zero attached hydrogens (tertiary/aromatic N) is 2. The number of benzene rings is 1. The second-order valence-electron chi connectivity index (χ2n) is 4.72. The van der Waals surface area contributed by atoms with Crippen LogP contribution >= 0.6 is 11.8 Å². The van der Waals surface area contributed by atoms with Gasteiger partial charge in [-0.05, 0) is 18.4 Å². The molecule has 29 heavy (non-hydrogen) atoms. The average Bonchev–Trinajstić information content (AvgIpc) is 2.54. The fourth-order valence-electron chi connectivity index (χ4n) is 1.42. The first kappa shape index (κ1) is 24.5. The first-order chi connectivity index (χ1) is 13.0. The Hall–Kier alpha value is -2.57. The van der Waals surface area contributed by atoms with Crippen molar-refractivity contribution in [1.82, 2.24) is 5.32 Å². The molecule has 1 aromatic rings. The lowest BCUT2D eigenvalue weighted by Crippen LogP contribution is -2.42. The first-order valence-corrected chi connectivity index (χ1v) is 7.95. The van der Waals surface area contributed by atoms with Crippen LogP contribution in [-0.2, 0) is 0 Å². The molecule has 0 fully saturated rings. The maximum atomic E-state index is 13.1. The van der Waals surface area contributed by atoms with Gasteiger partial charge in [0.25, 0.3) is 0 Å². The predicted molar refractivity (Wildman–Crippen MR) is 79.1 cm³/mol. The van der Waals surface area contributed by atoms with Crippen LogP contribution in [-0.4, -0.2) is 36.0 Å². The molecule has 1 rings (SSSR count). The highest BCUT2D eigenvalue weighted by atomic mass is 32.2. The van der Waals surface area contributed by atoms with Gasteiger partial charge in [0.2, 0.25) is 0 Å². The minimum absolute atomic E-state index is 0.191. The molecule has 0 saturated heterocycles.